The highest BCUT2D eigenvalue weighted by Crippen LogP contribution is 2.01. The first-order valence-electron chi connectivity index (χ1n) is 5.13. The molecule has 0 aromatic rings. The summed E-state index contributed by atoms with van der Waals surface area (Å²) in [6, 6.07) is -0.436. The fraction of sp³-hybridized carbons (Fsp3) is 0.625. The molecule has 0 radical (unpaired) electrons. The van der Waals surface area contributed by atoms with E-state index in [1.54, 1.807) is 0 Å². The number of hydrogen-bond donors (Lipinski definition) is 5. The minimum Gasteiger partial charge on any atom is -0.369 e. The maximum absolute atomic E-state index is 10.3. The van der Waals surface area contributed by atoms with Gasteiger partial charge in [0.25, 0.3) is 0 Å². The van der Waals surface area contributed by atoms with Gasteiger partial charge in [0.15, 0.2) is 0 Å². The molecule has 9 nitrogen and oxygen atoms in total. The molecule has 0 bridgehead atoms. The quantitative estimate of drug-likeness (QED) is 0.102. The van der Waals surface area contributed by atoms with Crippen molar-refractivity contribution < 1.29 is 4.79 Å². The van der Waals surface area contributed by atoms with Gasteiger partial charge in [0.2, 0.25) is 11.9 Å². The van der Waals surface area contributed by atoms with E-state index in [-0.39, 0.29) is 11.9 Å². The van der Waals surface area contributed by atoms with E-state index >= 15 is 0 Å². The molecular formula is C8H20N8O. The summed E-state index contributed by atoms with van der Waals surface area (Å²) in [4.78, 5) is 10.3. The van der Waals surface area contributed by atoms with Gasteiger partial charge in [-0.05, 0) is 19.3 Å². The number of hydrogen-bond acceptors (Lipinski definition) is 5. The Kier molecular flexibility index (Phi) is 7.19. The standard InChI is InChI=1S/C8H20N8O/c9-6(5-17)3-1-2-4-16(14-7(10)11)15-8(12)13/h5-6H,1-4,9H2,(H4,10,11,14)(H4,12,13,15)/t6-/m0/s1. The Morgan fingerprint density at radius 3 is 2.06 bits per heavy atom. The maximum Gasteiger partial charge on any atom is 0.210 e. The minimum absolute atomic E-state index is 0.139. The Hall–Kier alpha value is -2.03. The van der Waals surface area contributed by atoms with E-state index in [2.05, 4.69) is 10.2 Å². The zero-order valence-electron chi connectivity index (χ0n) is 9.62. The van der Waals surface area contributed by atoms with Gasteiger partial charge < -0.3 is 33.5 Å². The Balaban J connectivity index is 4.05. The first kappa shape index (κ1) is 15.0. The van der Waals surface area contributed by atoms with Gasteiger partial charge in [-0.1, -0.05) is 0 Å². The summed E-state index contributed by atoms with van der Waals surface area (Å²) in [6.07, 6.45) is 2.76. The number of nitrogens with zero attached hydrogens (tertiary/aromatic N) is 3. The number of nitrogens with two attached hydrogens (primary N) is 5. The number of carbonyl (C=O) groups is 1. The number of rotatable bonds is 8. The van der Waals surface area contributed by atoms with Crippen LogP contribution in [-0.2, 0) is 4.79 Å². The summed E-state index contributed by atoms with van der Waals surface area (Å²) in [5.41, 5.74) is 26.3. The molecule has 0 aliphatic rings. The van der Waals surface area contributed by atoms with Crippen LogP contribution >= 0.6 is 0 Å². The Morgan fingerprint density at radius 2 is 1.65 bits per heavy atom. The maximum atomic E-state index is 10.3. The van der Waals surface area contributed by atoms with Crippen molar-refractivity contribution in [2.24, 2.45) is 38.9 Å². The molecule has 0 rings (SSSR count). The normalized spacial score (nSPS) is 11.4. The van der Waals surface area contributed by atoms with E-state index in [1.165, 1.54) is 5.12 Å². The molecule has 1 atom stereocenters. The summed E-state index contributed by atoms with van der Waals surface area (Å²) >= 11 is 0. The van der Waals surface area contributed by atoms with Crippen LogP contribution in [0.4, 0.5) is 0 Å². The second-order valence-electron chi connectivity index (χ2n) is 3.44. The molecule has 0 saturated heterocycles. The molecule has 0 amide bonds. The highest BCUT2D eigenvalue weighted by molar-refractivity contribution is 5.76. The average Bonchev–Trinajstić information content (AvgIpc) is 2.22. The van der Waals surface area contributed by atoms with Crippen LogP contribution in [0.25, 0.3) is 0 Å². The lowest BCUT2D eigenvalue weighted by molar-refractivity contribution is -0.109. The Bertz CT molecular complexity index is 263. The van der Waals surface area contributed by atoms with Crippen LogP contribution in [-0.4, -0.2) is 35.9 Å². The van der Waals surface area contributed by atoms with Crippen LogP contribution in [0, 0.1) is 0 Å². The summed E-state index contributed by atoms with van der Waals surface area (Å²) in [6.45, 7) is 0.432. The predicted octanol–water partition coefficient (Wildman–Crippen LogP) is -2.64. The van der Waals surface area contributed by atoms with Crippen LogP contribution in [0.15, 0.2) is 10.2 Å². The molecule has 0 saturated carbocycles. The van der Waals surface area contributed by atoms with Crippen molar-refractivity contribution in [3.63, 3.8) is 0 Å². The monoisotopic (exact) mass is 244 g/mol. The highest BCUT2D eigenvalue weighted by atomic mass is 16.1. The van der Waals surface area contributed by atoms with Crippen LogP contribution < -0.4 is 28.7 Å². The van der Waals surface area contributed by atoms with Crippen LogP contribution in [0.3, 0.4) is 0 Å². The summed E-state index contributed by atoms with van der Waals surface area (Å²) in [7, 11) is 0. The Labute approximate surface area is 99.6 Å². The fourth-order valence-corrected chi connectivity index (χ4v) is 1.09. The van der Waals surface area contributed by atoms with Gasteiger partial charge in [-0.3, -0.25) is 0 Å². The van der Waals surface area contributed by atoms with Crippen molar-refractivity contribution in [2.45, 2.75) is 25.3 Å². The van der Waals surface area contributed by atoms with Crippen molar-refractivity contribution in [3.05, 3.63) is 0 Å². The fourth-order valence-electron chi connectivity index (χ4n) is 1.09. The zero-order chi connectivity index (χ0) is 13.3. The summed E-state index contributed by atoms with van der Waals surface area (Å²) < 4.78 is 0. The van der Waals surface area contributed by atoms with Crippen molar-refractivity contribution in [1.29, 1.82) is 0 Å². The molecule has 0 aliphatic carbocycles. The van der Waals surface area contributed by atoms with Crippen molar-refractivity contribution in [3.8, 4) is 0 Å². The van der Waals surface area contributed by atoms with Crippen molar-refractivity contribution in [2.75, 3.05) is 6.54 Å². The van der Waals surface area contributed by atoms with E-state index < -0.39 is 6.04 Å². The smallest absolute Gasteiger partial charge is 0.210 e. The van der Waals surface area contributed by atoms with Gasteiger partial charge in [0, 0.05) is 0 Å². The zero-order valence-corrected chi connectivity index (χ0v) is 9.62. The molecule has 0 aliphatic heterocycles. The van der Waals surface area contributed by atoms with Gasteiger partial charge in [-0.25, -0.2) is 0 Å². The molecule has 98 valence electrons. The molecule has 10 N–H and O–H groups in total. The second-order valence-corrected chi connectivity index (χ2v) is 3.44. The Morgan fingerprint density at radius 1 is 1.12 bits per heavy atom. The van der Waals surface area contributed by atoms with E-state index in [0.717, 1.165) is 6.42 Å². The van der Waals surface area contributed by atoms with Gasteiger partial charge in [-0.15, -0.1) is 10.2 Å². The molecular weight excluding hydrogens is 224 g/mol. The molecule has 0 heterocycles. The molecule has 0 unspecified atom stereocenters. The van der Waals surface area contributed by atoms with Crippen LogP contribution in [0.1, 0.15) is 19.3 Å². The van der Waals surface area contributed by atoms with Gasteiger partial charge in [-0.2, -0.15) is 5.12 Å². The first-order valence-corrected chi connectivity index (χ1v) is 5.13. The number of hydrazone groups is 2. The van der Waals surface area contributed by atoms with Gasteiger partial charge >= 0.3 is 0 Å². The second kappa shape index (κ2) is 8.16. The van der Waals surface area contributed by atoms with E-state index in [9.17, 15) is 4.79 Å². The van der Waals surface area contributed by atoms with Gasteiger partial charge in [0.05, 0.1) is 12.6 Å². The predicted molar refractivity (Wildman–Crippen MR) is 66.2 cm³/mol. The minimum atomic E-state index is -0.436. The van der Waals surface area contributed by atoms with Crippen LogP contribution in [0.5, 0.6) is 0 Å². The lowest BCUT2D eigenvalue weighted by Gasteiger charge is -2.13. The number of aldehydes is 1. The summed E-state index contributed by atoms with van der Waals surface area (Å²) in [5, 5.41) is 8.63. The molecule has 0 aromatic heterocycles. The summed E-state index contributed by atoms with van der Waals surface area (Å²) in [5.74, 6) is -0.279. The largest absolute Gasteiger partial charge is 0.369 e. The lowest BCUT2D eigenvalue weighted by atomic mass is 10.1. The highest BCUT2D eigenvalue weighted by Gasteiger charge is 2.03. The van der Waals surface area contributed by atoms with E-state index in [1.807, 2.05) is 0 Å². The van der Waals surface area contributed by atoms with Crippen molar-refractivity contribution in [1.82, 2.24) is 5.12 Å². The van der Waals surface area contributed by atoms with E-state index in [0.29, 0.717) is 25.7 Å². The third kappa shape index (κ3) is 8.93. The van der Waals surface area contributed by atoms with Crippen molar-refractivity contribution >= 4 is 18.2 Å². The number of guanidine groups is 2. The van der Waals surface area contributed by atoms with Crippen LogP contribution in [0.2, 0.25) is 0 Å². The lowest BCUT2D eigenvalue weighted by Crippen LogP contribution is -2.31. The molecule has 17 heavy (non-hydrogen) atoms. The molecule has 0 fully saturated rings. The number of carbonyl (C=O) groups excluding carboxylic acids is 1. The molecule has 0 spiro atoms. The third-order valence-electron chi connectivity index (χ3n) is 1.78. The number of unbranched alkanes of at least 4 members (excludes halogenated alkanes) is 1. The topological polar surface area (TPSA) is 175 Å². The molecule has 0 aromatic carbocycles. The first-order chi connectivity index (χ1) is 7.95. The average molecular weight is 244 g/mol. The molecule has 9 heteroatoms. The SMILES string of the molecule is NC(N)=NN(CCCC[C@H](N)C=O)N=C(N)N. The van der Waals surface area contributed by atoms with E-state index in [4.69, 9.17) is 28.7 Å². The van der Waals surface area contributed by atoms with Gasteiger partial charge in [0.1, 0.15) is 6.29 Å². The third-order valence-corrected chi connectivity index (χ3v) is 1.78.